The molecule has 0 saturated carbocycles. The van der Waals surface area contributed by atoms with Gasteiger partial charge in [0.25, 0.3) is 0 Å². The molecule has 0 spiro atoms. The van der Waals surface area contributed by atoms with Crippen molar-refractivity contribution in [3.05, 3.63) is 41.0 Å². The van der Waals surface area contributed by atoms with Crippen molar-refractivity contribution < 1.29 is 9.59 Å². The van der Waals surface area contributed by atoms with Crippen molar-refractivity contribution in [3.63, 3.8) is 0 Å². The monoisotopic (exact) mass is 474 g/mol. The zero-order valence-corrected chi connectivity index (χ0v) is 21.5. The number of nitrogens with one attached hydrogen (secondary N) is 1. The number of carbonyl (C=O) groups excluding carboxylic acids is 2. The summed E-state index contributed by atoms with van der Waals surface area (Å²) in [5.74, 6) is 0.317. The Balaban J connectivity index is 2.06. The largest absolute Gasteiger partial charge is 0.334 e. The second-order valence-electron chi connectivity index (χ2n) is 9.50. The van der Waals surface area contributed by atoms with Gasteiger partial charge >= 0.3 is 0 Å². The maximum absolute atomic E-state index is 12.9. The Bertz CT molecular complexity index is 917. The summed E-state index contributed by atoms with van der Waals surface area (Å²) in [6, 6.07) is 9.26. The lowest BCUT2D eigenvalue weighted by Crippen LogP contribution is -2.38. The summed E-state index contributed by atoms with van der Waals surface area (Å²) in [6.45, 7) is 10.8. The van der Waals surface area contributed by atoms with E-state index < -0.39 is 0 Å². The van der Waals surface area contributed by atoms with Gasteiger partial charge in [0, 0.05) is 24.4 Å². The van der Waals surface area contributed by atoms with Crippen molar-refractivity contribution in [1.82, 2.24) is 14.7 Å². The molecule has 6 nitrogen and oxygen atoms in total. The molecule has 1 aromatic carbocycles. The third-order valence-corrected chi connectivity index (χ3v) is 5.96. The number of hydrogen-bond acceptors (Lipinski definition) is 3. The van der Waals surface area contributed by atoms with Crippen LogP contribution < -0.4 is 5.32 Å². The van der Waals surface area contributed by atoms with Gasteiger partial charge in [-0.3, -0.25) is 9.59 Å². The van der Waals surface area contributed by atoms with Gasteiger partial charge in [0.1, 0.15) is 5.82 Å². The van der Waals surface area contributed by atoms with E-state index >= 15 is 0 Å². The Morgan fingerprint density at radius 3 is 2.36 bits per heavy atom. The number of para-hydroxylation sites is 1. The first kappa shape index (κ1) is 26.9. The molecule has 0 fully saturated rings. The van der Waals surface area contributed by atoms with Crippen LogP contribution in [0.25, 0.3) is 5.69 Å². The molecule has 1 heterocycles. The summed E-state index contributed by atoms with van der Waals surface area (Å²) in [7, 11) is 0. The first-order valence-electron chi connectivity index (χ1n) is 12.1. The number of amides is 2. The molecule has 0 aliphatic heterocycles. The van der Waals surface area contributed by atoms with Crippen molar-refractivity contribution in [2.24, 2.45) is 0 Å². The summed E-state index contributed by atoms with van der Waals surface area (Å²) in [5.41, 5.74) is 1.33. The molecule has 7 heteroatoms. The van der Waals surface area contributed by atoms with Crippen LogP contribution in [0.4, 0.5) is 5.82 Å². The minimum atomic E-state index is -0.248. The van der Waals surface area contributed by atoms with E-state index in [1.807, 2.05) is 31.2 Å². The molecular weight excluding hydrogens is 436 g/mol. The summed E-state index contributed by atoms with van der Waals surface area (Å²) >= 11 is 6.40. The van der Waals surface area contributed by atoms with Gasteiger partial charge < -0.3 is 10.2 Å². The minimum Gasteiger partial charge on any atom is -0.334 e. The number of benzene rings is 1. The zero-order chi connectivity index (χ0) is 24.4. The van der Waals surface area contributed by atoms with Gasteiger partial charge in [-0.1, -0.05) is 83.5 Å². The van der Waals surface area contributed by atoms with Crippen LogP contribution in [0.2, 0.25) is 5.02 Å². The number of halogens is 1. The lowest BCUT2D eigenvalue weighted by Gasteiger charge is -2.20. The molecule has 0 unspecified atom stereocenters. The average Bonchev–Trinajstić information content (AvgIpc) is 3.18. The highest BCUT2D eigenvalue weighted by molar-refractivity contribution is 6.32. The van der Waals surface area contributed by atoms with E-state index in [1.165, 1.54) is 19.3 Å². The van der Waals surface area contributed by atoms with Gasteiger partial charge in [0.2, 0.25) is 11.8 Å². The summed E-state index contributed by atoms with van der Waals surface area (Å²) in [5, 5.41) is 8.20. The molecule has 33 heavy (non-hydrogen) atoms. The second kappa shape index (κ2) is 12.8. The fourth-order valence-corrected chi connectivity index (χ4v) is 3.81. The summed E-state index contributed by atoms with van der Waals surface area (Å²) in [4.78, 5) is 27.1. The Kier molecular flexibility index (Phi) is 10.4. The predicted molar refractivity (Wildman–Crippen MR) is 136 cm³/mol. The highest BCUT2D eigenvalue weighted by atomic mass is 35.5. The highest BCUT2D eigenvalue weighted by Gasteiger charge is 2.23. The molecule has 1 N–H and O–H groups in total. The van der Waals surface area contributed by atoms with Crippen LogP contribution in [0.3, 0.4) is 0 Å². The molecule has 1 aromatic heterocycles. The van der Waals surface area contributed by atoms with Gasteiger partial charge in [-0.15, -0.1) is 0 Å². The Morgan fingerprint density at radius 1 is 1.06 bits per heavy atom. The molecule has 0 saturated heterocycles. The number of nitrogens with zero attached hydrogens (tertiary/aromatic N) is 3. The molecule has 0 radical (unpaired) electrons. The number of unbranched alkanes of at least 4 members (excludes halogenated alkanes) is 5. The third kappa shape index (κ3) is 8.18. The van der Waals surface area contributed by atoms with Crippen LogP contribution in [0, 0.1) is 0 Å². The van der Waals surface area contributed by atoms with Crippen molar-refractivity contribution in [2.75, 3.05) is 18.4 Å². The topological polar surface area (TPSA) is 67.2 Å². The molecule has 0 aliphatic rings. The van der Waals surface area contributed by atoms with E-state index in [9.17, 15) is 9.59 Å². The molecule has 0 bridgehead atoms. The summed E-state index contributed by atoms with van der Waals surface area (Å²) < 4.78 is 1.66. The van der Waals surface area contributed by atoms with Gasteiger partial charge in [-0.25, -0.2) is 4.68 Å². The molecule has 2 aromatic rings. The Morgan fingerprint density at radius 2 is 1.73 bits per heavy atom. The SMILES string of the molecule is CCCCCCCCC(=O)N(CC)CC(=O)Nc1cc(C(C)(C)C)nn1-c1ccccc1Cl. The van der Waals surface area contributed by atoms with Gasteiger partial charge in [-0.05, 0) is 25.5 Å². The van der Waals surface area contributed by atoms with E-state index in [1.54, 1.807) is 15.6 Å². The number of aromatic nitrogens is 2. The number of rotatable bonds is 12. The smallest absolute Gasteiger partial charge is 0.245 e. The van der Waals surface area contributed by atoms with Crippen molar-refractivity contribution in [1.29, 1.82) is 0 Å². The van der Waals surface area contributed by atoms with Gasteiger partial charge in [-0.2, -0.15) is 5.10 Å². The van der Waals surface area contributed by atoms with E-state index in [0.717, 1.165) is 25.0 Å². The van der Waals surface area contributed by atoms with E-state index in [4.69, 9.17) is 16.7 Å². The van der Waals surface area contributed by atoms with E-state index in [0.29, 0.717) is 29.5 Å². The Hall–Kier alpha value is -2.34. The fourth-order valence-electron chi connectivity index (χ4n) is 3.59. The third-order valence-electron chi connectivity index (χ3n) is 5.64. The van der Waals surface area contributed by atoms with Crippen LogP contribution in [0.1, 0.15) is 85.3 Å². The van der Waals surface area contributed by atoms with Crippen molar-refractivity contribution in [3.8, 4) is 5.69 Å². The second-order valence-corrected chi connectivity index (χ2v) is 9.91. The molecule has 182 valence electrons. The summed E-state index contributed by atoms with van der Waals surface area (Å²) in [6.07, 6.45) is 7.26. The Labute approximate surface area is 203 Å². The zero-order valence-electron chi connectivity index (χ0n) is 20.8. The van der Waals surface area contributed by atoms with Gasteiger partial charge in [0.15, 0.2) is 0 Å². The lowest BCUT2D eigenvalue weighted by atomic mass is 9.92. The lowest BCUT2D eigenvalue weighted by molar-refractivity contribution is -0.134. The molecule has 0 aliphatic carbocycles. The van der Waals surface area contributed by atoms with Crippen LogP contribution in [0.15, 0.2) is 30.3 Å². The quantitative estimate of drug-likeness (QED) is 0.364. The molecular formula is C26H39ClN4O2. The fraction of sp³-hybridized carbons (Fsp3) is 0.577. The minimum absolute atomic E-state index is 0.0176. The van der Waals surface area contributed by atoms with Crippen molar-refractivity contribution in [2.45, 2.75) is 85.0 Å². The van der Waals surface area contributed by atoms with Crippen LogP contribution in [-0.2, 0) is 15.0 Å². The maximum Gasteiger partial charge on any atom is 0.245 e. The first-order chi connectivity index (χ1) is 15.7. The number of carbonyl (C=O) groups is 2. The van der Waals surface area contributed by atoms with Crippen LogP contribution in [0.5, 0.6) is 0 Å². The number of likely N-dealkylation sites (N-methyl/N-ethyl adjacent to an activating group) is 1. The predicted octanol–water partition coefficient (Wildman–Crippen LogP) is 6.36. The standard InChI is InChI=1S/C26H39ClN4O2/c1-6-8-9-10-11-12-17-25(33)30(7-2)19-24(32)28-23-18-22(26(3,4)5)29-31(23)21-16-14-13-15-20(21)27/h13-16,18H,6-12,17,19H2,1-5H3,(H,28,32). The average molecular weight is 475 g/mol. The maximum atomic E-state index is 12.9. The van der Waals surface area contributed by atoms with E-state index in [2.05, 4.69) is 33.0 Å². The molecule has 2 rings (SSSR count). The van der Waals surface area contributed by atoms with Crippen molar-refractivity contribution >= 4 is 29.2 Å². The van der Waals surface area contributed by atoms with E-state index in [-0.39, 0.29) is 23.8 Å². The number of anilines is 1. The normalized spacial score (nSPS) is 11.5. The molecule has 0 atom stereocenters. The van der Waals surface area contributed by atoms with Crippen LogP contribution in [-0.4, -0.2) is 39.6 Å². The molecule has 2 amide bonds. The number of hydrogen-bond donors (Lipinski definition) is 1. The van der Waals surface area contributed by atoms with Crippen LogP contribution >= 0.6 is 11.6 Å². The van der Waals surface area contributed by atoms with Gasteiger partial charge in [0.05, 0.1) is 22.9 Å². The highest BCUT2D eigenvalue weighted by Crippen LogP contribution is 2.29. The first-order valence-corrected chi connectivity index (χ1v) is 12.5.